The Balaban J connectivity index is 2.32. The molecule has 1 aliphatic rings. The molecule has 0 unspecified atom stereocenters. The lowest BCUT2D eigenvalue weighted by Crippen LogP contribution is -2.31. The monoisotopic (exact) mass is 347 g/mol. The molecule has 0 bridgehead atoms. The third-order valence-corrected chi connectivity index (χ3v) is 4.26. The second kappa shape index (κ2) is 6.46. The van der Waals surface area contributed by atoms with E-state index in [4.69, 9.17) is 4.74 Å². The maximum atomic E-state index is 13.2. The summed E-state index contributed by atoms with van der Waals surface area (Å²) < 4.78 is 44.6. The molecule has 0 saturated carbocycles. The number of anilines is 1. The topological polar surface area (TPSA) is 74.7 Å². The molecule has 1 aromatic rings. The lowest BCUT2D eigenvalue weighted by atomic mass is 9.90. The van der Waals surface area contributed by atoms with Gasteiger partial charge in [-0.15, -0.1) is 0 Å². The number of hydrogen-bond acceptors (Lipinski definition) is 5. The molecule has 0 spiro atoms. The Morgan fingerprint density at radius 2 is 2.21 bits per heavy atom. The summed E-state index contributed by atoms with van der Waals surface area (Å²) in [5.74, 6) is -1.12. The van der Waals surface area contributed by atoms with E-state index in [1.54, 1.807) is 11.8 Å². The number of methoxy groups -OCH3 is 1. The first-order valence-electron chi connectivity index (χ1n) is 7.39. The van der Waals surface area contributed by atoms with Gasteiger partial charge < -0.3 is 15.2 Å². The third kappa shape index (κ3) is 3.55. The zero-order valence-corrected chi connectivity index (χ0v) is 13.7. The largest absolute Gasteiger partial charge is 0.481 e. The molecule has 1 atom stereocenters. The van der Waals surface area contributed by atoms with Crippen LogP contribution in [-0.2, 0) is 17.5 Å². The van der Waals surface area contributed by atoms with Crippen molar-refractivity contribution in [2.75, 3.05) is 32.6 Å². The van der Waals surface area contributed by atoms with Gasteiger partial charge >= 0.3 is 12.1 Å². The Morgan fingerprint density at radius 3 is 2.67 bits per heavy atom. The molecule has 0 aliphatic carbocycles. The van der Waals surface area contributed by atoms with Crippen LogP contribution >= 0.6 is 0 Å². The van der Waals surface area contributed by atoms with Crippen LogP contribution in [0.1, 0.15) is 24.5 Å². The van der Waals surface area contributed by atoms with Gasteiger partial charge in [-0.25, -0.2) is 0 Å². The van der Waals surface area contributed by atoms with Gasteiger partial charge in [0.15, 0.2) is 0 Å². The van der Waals surface area contributed by atoms with Gasteiger partial charge in [-0.1, -0.05) is 0 Å². The first kappa shape index (κ1) is 18.3. The molecule has 6 nitrogen and oxygen atoms in total. The Bertz CT molecular complexity index is 636. The summed E-state index contributed by atoms with van der Waals surface area (Å²) in [5, 5.41) is 11.7. The van der Waals surface area contributed by atoms with Crippen molar-refractivity contribution in [2.45, 2.75) is 26.1 Å². The molecule has 1 saturated heterocycles. The van der Waals surface area contributed by atoms with Crippen LogP contribution in [0, 0.1) is 5.41 Å². The highest BCUT2D eigenvalue weighted by Gasteiger charge is 2.41. The van der Waals surface area contributed by atoms with Gasteiger partial charge in [0.05, 0.1) is 18.1 Å². The van der Waals surface area contributed by atoms with E-state index in [9.17, 15) is 23.1 Å². The number of carboxylic acid groups (broad SMARTS) is 1. The standard InChI is InChI=1S/C15H20F3N3O3/c1-14(13(22)23)4-5-21(8-14)7-9-6-10(15(16,17)18)11(19-2)20-12(9)24-3/h6H,4-5,7-8H2,1-3H3,(H,19,20)(H,22,23)/t14-/m1/s1. The summed E-state index contributed by atoms with van der Waals surface area (Å²) in [6.45, 7) is 2.53. The first-order valence-corrected chi connectivity index (χ1v) is 7.39. The van der Waals surface area contributed by atoms with Crippen molar-refractivity contribution in [3.63, 3.8) is 0 Å². The summed E-state index contributed by atoms with van der Waals surface area (Å²) in [6.07, 6.45) is -4.11. The van der Waals surface area contributed by atoms with E-state index in [1.165, 1.54) is 14.2 Å². The predicted molar refractivity (Wildman–Crippen MR) is 81.0 cm³/mol. The Hall–Kier alpha value is -2.03. The highest BCUT2D eigenvalue weighted by atomic mass is 19.4. The number of ether oxygens (including phenoxy) is 1. The van der Waals surface area contributed by atoms with Crippen molar-refractivity contribution in [2.24, 2.45) is 5.41 Å². The number of hydrogen-bond donors (Lipinski definition) is 2. The van der Waals surface area contributed by atoms with E-state index in [1.807, 2.05) is 0 Å². The summed E-state index contributed by atoms with van der Waals surface area (Å²) in [6, 6.07) is 1.01. The van der Waals surface area contributed by atoms with Crippen LogP contribution in [-0.4, -0.2) is 48.2 Å². The van der Waals surface area contributed by atoms with Gasteiger partial charge in [-0.3, -0.25) is 9.69 Å². The van der Waals surface area contributed by atoms with Crippen LogP contribution in [0.5, 0.6) is 5.88 Å². The van der Waals surface area contributed by atoms with Crippen molar-refractivity contribution in [1.29, 1.82) is 0 Å². The molecule has 1 fully saturated rings. The molecule has 24 heavy (non-hydrogen) atoms. The van der Waals surface area contributed by atoms with E-state index in [0.717, 1.165) is 6.07 Å². The summed E-state index contributed by atoms with van der Waals surface area (Å²) >= 11 is 0. The molecule has 2 rings (SSSR count). The smallest absolute Gasteiger partial charge is 0.419 e. The summed E-state index contributed by atoms with van der Waals surface area (Å²) in [4.78, 5) is 17.0. The number of pyridine rings is 1. The Kier molecular flexibility index (Phi) is 4.93. The second-order valence-electron chi connectivity index (χ2n) is 6.13. The molecule has 134 valence electrons. The zero-order chi connectivity index (χ0) is 18.1. The molecule has 0 aromatic carbocycles. The van der Waals surface area contributed by atoms with Crippen LogP contribution in [0.4, 0.5) is 19.0 Å². The number of aromatic nitrogens is 1. The molecular weight excluding hydrogens is 327 g/mol. The van der Waals surface area contributed by atoms with Gasteiger partial charge in [0.2, 0.25) is 5.88 Å². The van der Waals surface area contributed by atoms with Crippen molar-refractivity contribution >= 4 is 11.8 Å². The van der Waals surface area contributed by atoms with Gasteiger partial charge in [-0.2, -0.15) is 18.2 Å². The first-order chi connectivity index (χ1) is 11.1. The average molecular weight is 347 g/mol. The normalized spacial score (nSPS) is 21.8. The number of rotatable bonds is 5. The van der Waals surface area contributed by atoms with Crippen LogP contribution in [0.3, 0.4) is 0 Å². The van der Waals surface area contributed by atoms with E-state index in [2.05, 4.69) is 10.3 Å². The second-order valence-corrected chi connectivity index (χ2v) is 6.13. The third-order valence-electron chi connectivity index (χ3n) is 4.26. The van der Waals surface area contributed by atoms with E-state index < -0.39 is 23.1 Å². The van der Waals surface area contributed by atoms with E-state index >= 15 is 0 Å². The highest BCUT2D eigenvalue weighted by Crippen LogP contribution is 2.38. The van der Waals surface area contributed by atoms with E-state index in [-0.39, 0.29) is 30.4 Å². The number of carbonyl (C=O) groups is 1. The average Bonchev–Trinajstić information content (AvgIpc) is 2.88. The van der Waals surface area contributed by atoms with Crippen molar-refractivity contribution < 1.29 is 27.8 Å². The van der Waals surface area contributed by atoms with Gasteiger partial charge in [0, 0.05) is 25.7 Å². The predicted octanol–water partition coefficient (Wildman–Crippen LogP) is 2.45. The molecule has 2 heterocycles. The van der Waals surface area contributed by atoms with Crippen LogP contribution < -0.4 is 10.1 Å². The fourth-order valence-corrected chi connectivity index (χ4v) is 2.84. The number of likely N-dealkylation sites (tertiary alicyclic amines) is 1. The summed E-state index contributed by atoms with van der Waals surface area (Å²) in [5.41, 5.74) is -1.49. The minimum absolute atomic E-state index is 0.0938. The molecule has 0 amide bonds. The molecule has 1 aromatic heterocycles. The minimum atomic E-state index is -4.55. The maximum Gasteiger partial charge on any atom is 0.419 e. The minimum Gasteiger partial charge on any atom is -0.481 e. The number of aliphatic carboxylic acids is 1. The van der Waals surface area contributed by atoms with Crippen molar-refractivity contribution in [3.05, 3.63) is 17.2 Å². The number of alkyl halides is 3. The highest BCUT2D eigenvalue weighted by molar-refractivity contribution is 5.74. The molecular formula is C15H20F3N3O3. The van der Waals surface area contributed by atoms with Gasteiger partial charge in [0.25, 0.3) is 0 Å². The zero-order valence-electron chi connectivity index (χ0n) is 13.7. The number of nitrogens with one attached hydrogen (secondary N) is 1. The SMILES string of the molecule is CNc1nc(OC)c(CN2CC[C@@](C)(C(=O)O)C2)cc1C(F)(F)F. The quantitative estimate of drug-likeness (QED) is 0.852. The van der Waals surface area contributed by atoms with Crippen LogP contribution in [0.15, 0.2) is 6.07 Å². The van der Waals surface area contributed by atoms with Crippen molar-refractivity contribution in [1.82, 2.24) is 9.88 Å². The molecule has 0 radical (unpaired) electrons. The van der Waals surface area contributed by atoms with Crippen LogP contribution in [0.2, 0.25) is 0 Å². The fourth-order valence-electron chi connectivity index (χ4n) is 2.84. The lowest BCUT2D eigenvalue weighted by molar-refractivity contribution is -0.147. The maximum absolute atomic E-state index is 13.2. The van der Waals surface area contributed by atoms with Gasteiger partial charge in [-0.05, 0) is 26.0 Å². The molecule has 9 heteroatoms. The number of nitrogens with zero attached hydrogens (tertiary/aromatic N) is 2. The van der Waals surface area contributed by atoms with Crippen molar-refractivity contribution in [3.8, 4) is 5.88 Å². The lowest BCUT2D eigenvalue weighted by Gasteiger charge is -2.22. The Labute approximate surface area is 137 Å². The fraction of sp³-hybridized carbons (Fsp3) is 0.600. The Morgan fingerprint density at radius 1 is 1.54 bits per heavy atom. The molecule has 2 N–H and O–H groups in total. The number of carboxylic acids is 1. The molecule has 1 aliphatic heterocycles. The van der Waals surface area contributed by atoms with Crippen LogP contribution in [0.25, 0.3) is 0 Å². The summed E-state index contributed by atoms with van der Waals surface area (Å²) in [7, 11) is 2.69. The van der Waals surface area contributed by atoms with E-state index in [0.29, 0.717) is 13.0 Å². The number of halogens is 3. The van der Waals surface area contributed by atoms with Gasteiger partial charge in [0.1, 0.15) is 5.82 Å².